The van der Waals surface area contributed by atoms with Crippen LogP contribution in [-0.2, 0) is 37.0 Å². The fraction of sp³-hybridized carbons (Fsp3) is 0.778. The second kappa shape index (κ2) is 20.6. The zero-order valence-electron chi connectivity index (χ0n) is 31.2. The van der Waals surface area contributed by atoms with Crippen molar-refractivity contribution in [1.29, 1.82) is 0 Å². The Labute approximate surface area is 301 Å². The fourth-order valence-corrected chi connectivity index (χ4v) is 6.98. The molecule has 1 aromatic rings. The number of aliphatic hydroxyl groups excluding tert-OH is 5. The van der Waals surface area contributed by atoms with Crippen molar-refractivity contribution in [2.24, 2.45) is 23.7 Å². The van der Waals surface area contributed by atoms with Crippen molar-refractivity contribution in [2.45, 2.75) is 122 Å². The molecule has 3 heterocycles. The Balaban J connectivity index is 1.96. The summed E-state index contributed by atoms with van der Waals surface area (Å²) in [7, 11) is 3.50. The molecule has 290 valence electrons. The molecule has 15 heteroatoms. The molecule has 0 bridgehead atoms. The number of likely N-dealkylation sites (N-methyl/N-ethyl adjacent to an activating group) is 1. The van der Waals surface area contributed by atoms with Gasteiger partial charge in [0.05, 0.1) is 62.8 Å². The van der Waals surface area contributed by atoms with E-state index in [1.54, 1.807) is 55.9 Å². The van der Waals surface area contributed by atoms with Crippen LogP contribution in [0.25, 0.3) is 0 Å². The number of esters is 1. The van der Waals surface area contributed by atoms with Crippen LogP contribution >= 0.6 is 0 Å². The SMILES string of the molecule is CC[C@H]1OC(=O)C[C@@H](O)[C@H](C)[C@@H](O[C@@H]2O[C@H](C)[C@@H](O)C(N(C)C)C2O)[C@@H](CCNCCn2cc(CO)nn2)C[C@@H](C)C(=O)/C=C/C(C)=C/[C@@H]1CO. The van der Waals surface area contributed by atoms with Crippen molar-refractivity contribution in [1.82, 2.24) is 25.2 Å². The van der Waals surface area contributed by atoms with Gasteiger partial charge in [-0.25, -0.2) is 0 Å². The number of ketones is 1. The topological polar surface area (TPSA) is 209 Å². The summed E-state index contributed by atoms with van der Waals surface area (Å²) in [6, 6.07) is -0.698. The largest absolute Gasteiger partial charge is 0.462 e. The van der Waals surface area contributed by atoms with Gasteiger partial charge in [-0.3, -0.25) is 14.3 Å². The van der Waals surface area contributed by atoms with E-state index in [9.17, 15) is 35.1 Å². The standard InChI is InChI=1S/C36H61N5O10/c1-8-30-26(19-42)15-21(2)9-10-28(44)22(3)16-25(11-12-37-13-14-41-18-27(20-43)38-39-41)35(23(4)29(45)17-31(46)50-30)51-36-34(48)32(40(6)7)33(47)24(5)49-36/h9-10,15,18,22-26,29-30,32-37,42-43,45,47-48H,8,11-14,16-17,19-20H2,1-7H3/b10-9+,21-15+/t22-,23+,24-,25+,26-,29-,30-,32?,33-,34?,35-,36+/m1/s1. The number of aromatic nitrogens is 3. The molecule has 6 N–H and O–H groups in total. The van der Waals surface area contributed by atoms with Gasteiger partial charge in [-0.2, -0.15) is 0 Å². The van der Waals surface area contributed by atoms with Crippen LogP contribution in [0.2, 0.25) is 0 Å². The zero-order valence-corrected chi connectivity index (χ0v) is 31.2. The summed E-state index contributed by atoms with van der Waals surface area (Å²) in [5.41, 5.74) is 1.21. The van der Waals surface area contributed by atoms with E-state index in [-0.39, 0.29) is 31.3 Å². The molecule has 0 radical (unpaired) electrons. The lowest BCUT2D eigenvalue weighted by Crippen LogP contribution is -2.63. The normalized spacial score (nSPS) is 36.5. The molecule has 2 unspecified atom stereocenters. The van der Waals surface area contributed by atoms with E-state index in [0.717, 1.165) is 5.57 Å². The van der Waals surface area contributed by atoms with Gasteiger partial charge in [0.1, 0.15) is 17.9 Å². The van der Waals surface area contributed by atoms with E-state index in [1.165, 1.54) is 6.08 Å². The number of hydrogen-bond acceptors (Lipinski definition) is 14. The molecule has 1 aromatic heterocycles. The van der Waals surface area contributed by atoms with Crippen LogP contribution in [0.5, 0.6) is 0 Å². The molecular formula is C36H61N5O10. The van der Waals surface area contributed by atoms with Gasteiger partial charge in [-0.1, -0.05) is 43.7 Å². The Kier molecular flexibility index (Phi) is 17.3. The number of allylic oxidation sites excluding steroid dienone is 3. The van der Waals surface area contributed by atoms with Gasteiger partial charge in [0.25, 0.3) is 0 Å². The minimum atomic E-state index is -1.25. The number of nitrogens with zero attached hydrogens (tertiary/aromatic N) is 4. The van der Waals surface area contributed by atoms with Gasteiger partial charge in [0, 0.05) is 24.3 Å². The van der Waals surface area contributed by atoms with Gasteiger partial charge < -0.3 is 50.0 Å². The minimum absolute atomic E-state index is 0.108. The van der Waals surface area contributed by atoms with Crippen molar-refractivity contribution in [2.75, 3.05) is 33.8 Å². The average molecular weight is 724 g/mol. The summed E-state index contributed by atoms with van der Waals surface area (Å²) in [4.78, 5) is 28.4. The first-order chi connectivity index (χ1) is 24.2. The summed E-state index contributed by atoms with van der Waals surface area (Å²) in [5.74, 6) is -2.73. The van der Waals surface area contributed by atoms with Crippen LogP contribution in [0.15, 0.2) is 30.0 Å². The Bertz CT molecular complexity index is 1290. The van der Waals surface area contributed by atoms with Gasteiger partial charge in [-0.15, -0.1) is 5.10 Å². The maximum absolute atomic E-state index is 13.5. The summed E-state index contributed by atoms with van der Waals surface area (Å²) in [6.45, 7) is 10.0. The number of ether oxygens (including phenoxy) is 3. The van der Waals surface area contributed by atoms with Crippen LogP contribution in [0.4, 0.5) is 0 Å². The van der Waals surface area contributed by atoms with E-state index < -0.39 is 72.7 Å². The van der Waals surface area contributed by atoms with Crippen molar-refractivity contribution in [3.8, 4) is 0 Å². The summed E-state index contributed by atoms with van der Waals surface area (Å²) >= 11 is 0. The first-order valence-electron chi connectivity index (χ1n) is 18.1. The molecule has 3 rings (SSSR count). The third-order valence-electron chi connectivity index (χ3n) is 10.1. The molecule has 1 saturated heterocycles. The molecule has 15 nitrogen and oxygen atoms in total. The first kappa shape index (κ1) is 42.8. The smallest absolute Gasteiger partial charge is 0.308 e. The number of carbonyl (C=O) groups is 2. The predicted molar refractivity (Wildman–Crippen MR) is 188 cm³/mol. The van der Waals surface area contributed by atoms with Gasteiger partial charge in [-0.05, 0) is 65.7 Å². The summed E-state index contributed by atoms with van der Waals surface area (Å²) < 4.78 is 20.1. The maximum Gasteiger partial charge on any atom is 0.308 e. The average Bonchev–Trinajstić information content (AvgIpc) is 3.56. The third-order valence-corrected chi connectivity index (χ3v) is 10.1. The molecule has 51 heavy (non-hydrogen) atoms. The molecular weight excluding hydrogens is 662 g/mol. The number of cyclic esters (lactones) is 1. The highest BCUT2D eigenvalue weighted by molar-refractivity contribution is 5.91. The van der Waals surface area contributed by atoms with Gasteiger partial charge in [0.2, 0.25) is 0 Å². The molecule has 0 spiro atoms. The Morgan fingerprint density at radius 2 is 1.80 bits per heavy atom. The van der Waals surface area contributed by atoms with E-state index in [1.807, 2.05) is 20.8 Å². The highest BCUT2D eigenvalue weighted by atomic mass is 16.7. The summed E-state index contributed by atoms with van der Waals surface area (Å²) in [6.07, 6.45) is 0.872. The van der Waals surface area contributed by atoms with Crippen LogP contribution in [0.3, 0.4) is 0 Å². The minimum Gasteiger partial charge on any atom is -0.462 e. The first-order valence-corrected chi connectivity index (χ1v) is 18.1. The number of hydrogen-bond donors (Lipinski definition) is 6. The van der Waals surface area contributed by atoms with Crippen molar-refractivity contribution in [3.05, 3.63) is 35.7 Å². The number of nitrogens with one attached hydrogen (secondary N) is 1. The lowest BCUT2D eigenvalue weighted by atomic mass is 9.79. The molecule has 12 atom stereocenters. The lowest BCUT2D eigenvalue weighted by molar-refractivity contribution is -0.304. The Morgan fingerprint density at radius 1 is 1.08 bits per heavy atom. The van der Waals surface area contributed by atoms with E-state index in [0.29, 0.717) is 44.6 Å². The highest BCUT2D eigenvalue weighted by Gasteiger charge is 2.47. The van der Waals surface area contributed by atoms with Crippen molar-refractivity contribution < 1.29 is 49.3 Å². The quantitative estimate of drug-likeness (QED) is 0.129. The third kappa shape index (κ3) is 12.2. The zero-order chi connectivity index (χ0) is 37.8. The van der Waals surface area contributed by atoms with Crippen LogP contribution in [-0.4, -0.2) is 140 Å². The highest BCUT2D eigenvalue weighted by Crippen LogP contribution is 2.34. The lowest BCUT2D eigenvalue weighted by Gasteiger charge is -2.46. The molecule has 1 fully saturated rings. The monoisotopic (exact) mass is 723 g/mol. The fourth-order valence-electron chi connectivity index (χ4n) is 6.98. The number of rotatable bonds is 12. The van der Waals surface area contributed by atoms with Crippen LogP contribution < -0.4 is 5.32 Å². The number of carbonyl (C=O) groups excluding carboxylic acids is 2. The molecule has 2 aliphatic rings. The van der Waals surface area contributed by atoms with Gasteiger partial charge >= 0.3 is 5.97 Å². The molecule has 0 aromatic carbocycles. The van der Waals surface area contributed by atoms with E-state index >= 15 is 0 Å². The van der Waals surface area contributed by atoms with Gasteiger partial charge in [0.15, 0.2) is 12.1 Å². The van der Waals surface area contributed by atoms with Crippen molar-refractivity contribution in [3.63, 3.8) is 0 Å². The molecule has 2 aliphatic heterocycles. The second-order valence-corrected chi connectivity index (χ2v) is 14.4. The maximum atomic E-state index is 13.5. The molecule has 0 amide bonds. The van der Waals surface area contributed by atoms with E-state index in [4.69, 9.17) is 14.2 Å². The Morgan fingerprint density at radius 3 is 2.43 bits per heavy atom. The predicted octanol–water partition coefficient (Wildman–Crippen LogP) is 0.577. The van der Waals surface area contributed by atoms with Crippen molar-refractivity contribution >= 4 is 11.8 Å². The Hall–Kier alpha value is -2.60. The van der Waals surface area contributed by atoms with Crippen LogP contribution in [0, 0.1) is 23.7 Å². The molecule has 0 aliphatic carbocycles. The number of aliphatic hydroxyl groups is 5. The molecule has 0 saturated carbocycles. The van der Waals surface area contributed by atoms with E-state index in [2.05, 4.69) is 15.6 Å². The van der Waals surface area contributed by atoms with Crippen LogP contribution in [0.1, 0.15) is 66.0 Å². The second-order valence-electron chi connectivity index (χ2n) is 14.4. The summed E-state index contributed by atoms with van der Waals surface area (Å²) in [5, 5.41) is 64.5.